The average molecular weight is 388 g/mol. The predicted molar refractivity (Wildman–Crippen MR) is 108 cm³/mol. The molecule has 0 spiro atoms. The summed E-state index contributed by atoms with van der Waals surface area (Å²) >= 11 is 0. The lowest BCUT2D eigenvalue weighted by Gasteiger charge is -2.20. The Bertz CT molecular complexity index is 1010. The zero-order chi connectivity index (χ0) is 18.8. The number of hydrogen-bond donors (Lipinski definition) is 0. The number of fused-ring (bicyclic) bond motifs is 1. The summed E-state index contributed by atoms with van der Waals surface area (Å²) in [5.41, 5.74) is 1.63. The Morgan fingerprint density at radius 2 is 1.74 bits per heavy atom. The number of rotatable bonds is 4. The number of ether oxygens (including phenoxy) is 1. The highest BCUT2D eigenvalue weighted by Crippen LogP contribution is 2.27. The largest absolute Gasteiger partial charge is 0.455 e. The summed E-state index contributed by atoms with van der Waals surface area (Å²) in [4.78, 5) is 27.2. The third-order valence-corrected chi connectivity index (χ3v) is 4.41. The van der Waals surface area contributed by atoms with Crippen LogP contribution in [0.5, 0.6) is 0 Å². The first kappa shape index (κ1) is 20.7. The van der Waals surface area contributed by atoms with Crippen molar-refractivity contribution in [2.24, 2.45) is 0 Å². The topological polar surface area (TPSA) is 59.8 Å². The van der Waals surface area contributed by atoms with Crippen LogP contribution in [0.2, 0.25) is 0 Å². The SMILES string of the molecule is Cc1c(-c2ccccc2)oc2c(C(=O)OC(C)N(C)C)cccc2c1=O.Cl. The smallest absolute Gasteiger partial charge is 0.343 e. The van der Waals surface area contributed by atoms with Crippen LogP contribution < -0.4 is 5.43 Å². The molecule has 1 unspecified atom stereocenters. The molecule has 0 N–H and O–H groups in total. The van der Waals surface area contributed by atoms with E-state index >= 15 is 0 Å². The second-order valence-corrected chi connectivity index (χ2v) is 6.40. The molecule has 0 saturated carbocycles. The molecule has 142 valence electrons. The summed E-state index contributed by atoms with van der Waals surface area (Å²) in [6, 6.07) is 14.3. The van der Waals surface area contributed by atoms with Crippen LogP contribution in [0, 0.1) is 6.92 Å². The lowest BCUT2D eigenvalue weighted by atomic mass is 10.0. The second-order valence-electron chi connectivity index (χ2n) is 6.40. The van der Waals surface area contributed by atoms with Crippen molar-refractivity contribution in [3.05, 3.63) is 69.9 Å². The highest BCUT2D eigenvalue weighted by molar-refractivity contribution is 6.02. The molecule has 6 heteroatoms. The lowest BCUT2D eigenvalue weighted by Crippen LogP contribution is -2.30. The maximum absolute atomic E-state index is 12.8. The van der Waals surface area contributed by atoms with Crippen molar-refractivity contribution in [1.29, 1.82) is 0 Å². The van der Waals surface area contributed by atoms with Gasteiger partial charge in [-0.1, -0.05) is 36.4 Å². The first-order valence-corrected chi connectivity index (χ1v) is 8.39. The number of hydrogen-bond acceptors (Lipinski definition) is 5. The molecule has 0 aliphatic carbocycles. The van der Waals surface area contributed by atoms with E-state index in [1.807, 2.05) is 44.4 Å². The van der Waals surface area contributed by atoms with Crippen LogP contribution in [-0.2, 0) is 4.74 Å². The lowest BCUT2D eigenvalue weighted by molar-refractivity contribution is -0.00536. The fraction of sp³-hybridized carbons (Fsp3) is 0.238. The van der Waals surface area contributed by atoms with E-state index in [0.717, 1.165) is 5.56 Å². The summed E-state index contributed by atoms with van der Waals surface area (Å²) in [6.45, 7) is 3.51. The Hall–Kier alpha value is -2.63. The van der Waals surface area contributed by atoms with Gasteiger partial charge in [-0.05, 0) is 40.1 Å². The van der Waals surface area contributed by atoms with Crippen molar-refractivity contribution in [2.45, 2.75) is 20.1 Å². The first-order valence-electron chi connectivity index (χ1n) is 8.39. The summed E-state index contributed by atoms with van der Waals surface area (Å²) in [5, 5.41) is 0.370. The second kappa shape index (κ2) is 8.37. The van der Waals surface area contributed by atoms with E-state index in [4.69, 9.17) is 9.15 Å². The Labute approximate surface area is 164 Å². The zero-order valence-electron chi connectivity index (χ0n) is 15.7. The number of halogens is 1. The van der Waals surface area contributed by atoms with Gasteiger partial charge < -0.3 is 9.15 Å². The molecule has 0 fully saturated rings. The molecule has 27 heavy (non-hydrogen) atoms. The van der Waals surface area contributed by atoms with E-state index in [2.05, 4.69) is 0 Å². The van der Waals surface area contributed by atoms with Gasteiger partial charge in [0.15, 0.2) is 17.2 Å². The van der Waals surface area contributed by atoms with Crippen LogP contribution >= 0.6 is 12.4 Å². The minimum atomic E-state index is -0.525. The maximum atomic E-state index is 12.8. The van der Waals surface area contributed by atoms with Crippen molar-refractivity contribution in [2.75, 3.05) is 14.1 Å². The van der Waals surface area contributed by atoms with E-state index in [1.165, 1.54) is 0 Å². The highest BCUT2D eigenvalue weighted by Gasteiger charge is 2.21. The Balaban J connectivity index is 0.00000261. The standard InChI is InChI=1S/C21H21NO4.ClH/c1-13-18(23)16-11-8-12-17(21(24)25-14(2)22(3)4)20(16)26-19(13)15-9-6-5-7-10-15;/h5-12,14H,1-4H3;1H. The maximum Gasteiger partial charge on any atom is 0.343 e. The quantitative estimate of drug-likeness (QED) is 0.494. The van der Waals surface area contributed by atoms with Crippen LogP contribution in [0.25, 0.3) is 22.3 Å². The van der Waals surface area contributed by atoms with Crippen molar-refractivity contribution < 1.29 is 13.9 Å². The zero-order valence-corrected chi connectivity index (χ0v) is 16.5. The van der Waals surface area contributed by atoms with E-state index < -0.39 is 12.2 Å². The van der Waals surface area contributed by atoms with Crippen molar-refractivity contribution in [3.8, 4) is 11.3 Å². The number of para-hydroxylation sites is 1. The molecule has 1 aromatic heterocycles. The Kier molecular flexibility index (Phi) is 6.41. The van der Waals surface area contributed by atoms with Gasteiger partial charge in [0.2, 0.25) is 0 Å². The van der Waals surface area contributed by atoms with Crippen molar-refractivity contribution in [1.82, 2.24) is 4.90 Å². The van der Waals surface area contributed by atoms with Crippen molar-refractivity contribution in [3.63, 3.8) is 0 Å². The number of carbonyl (C=O) groups is 1. The molecule has 0 radical (unpaired) electrons. The number of nitrogens with zero attached hydrogens (tertiary/aromatic N) is 1. The third-order valence-electron chi connectivity index (χ3n) is 4.41. The highest BCUT2D eigenvalue weighted by atomic mass is 35.5. The average Bonchev–Trinajstić information content (AvgIpc) is 2.64. The van der Waals surface area contributed by atoms with Gasteiger partial charge in [0, 0.05) is 11.1 Å². The van der Waals surface area contributed by atoms with Gasteiger partial charge in [0.1, 0.15) is 11.3 Å². The fourth-order valence-electron chi connectivity index (χ4n) is 2.66. The van der Waals surface area contributed by atoms with Crippen LogP contribution in [0.4, 0.5) is 0 Å². The van der Waals surface area contributed by atoms with Gasteiger partial charge in [-0.2, -0.15) is 0 Å². The molecule has 0 bridgehead atoms. The minimum Gasteiger partial charge on any atom is -0.455 e. The minimum absolute atomic E-state index is 0. The molecule has 0 aliphatic heterocycles. The predicted octanol–water partition coefficient (Wildman–Crippen LogP) is 4.25. The molecule has 3 aromatic rings. The van der Waals surface area contributed by atoms with Gasteiger partial charge in [0.05, 0.1) is 5.39 Å². The summed E-state index contributed by atoms with van der Waals surface area (Å²) < 4.78 is 11.5. The summed E-state index contributed by atoms with van der Waals surface area (Å²) in [5.74, 6) is -0.0631. The van der Waals surface area contributed by atoms with Gasteiger partial charge in [-0.3, -0.25) is 9.69 Å². The molecule has 1 atom stereocenters. The monoisotopic (exact) mass is 387 g/mol. The third kappa shape index (κ3) is 4.04. The van der Waals surface area contributed by atoms with Gasteiger partial charge in [-0.15, -0.1) is 12.4 Å². The molecule has 0 amide bonds. The molecule has 1 heterocycles. The van der Waals surface area contributed by atoms with Gasteiger partial charge in [0.25, 0.3) is 0 Å². The molecular formula is C21H22ClNO4. The molecule has 0 saturated heterocycles. The van der Waals surface area contributed by atoms with E-state index in [1.54, 1.807) is 36.9 Å². The van der Waals surface area contributed by atoms with E-state index in [0.29, 0.717) is 16.7 Å². The Morgan fingerprint density at radius 1 is 1.07 bits per heavy atom. The molecule has 2 aromatic carbocycles. The molecule has 0 aliphatic rings. The van der Waals surface area contributed by atoms with Gasteiger partial charge in [-0.25, -0.2) is 4.79 Å². The normalized spacial score (nSPS) is 11.9. The van der Waals surface area contributed by atoms with Crippen LogP contribution in [0.1, 0.15) is 22.8 Å². The van der Waals surface area contributed by atoms with E-state index in [-0.39, 0.29) is 29.0 Å². The van der Waals surface area contributed by atoms with Gasteiger partial charge >= 0.3 is 5.97 Å². The van der Waals surface area contributed by atoms with Crippen LogP contribution in [0.15, 0.2) is 57.7 Å². The molecule has 5 nitrogen and oxygen atoms in total. The molecular weight excluding hydrogens is 366 g/mol. The number of carbonyl (C=O) groups excluding carboxylic acids is 1. The summed E-state index contributed by atoms with van der Waals surface area (Å²) in [7, 11) is 3.63. The Morgan fingerprint density at radius 3 is 2.37 bits per heavy atom. The van der Waals surface area contributed by atoms with Crippen LogP contribution in [0.3, 0.4) is 0 Å². The first-order chi connectivity index (χ1) is 12.4. The van der Waals surface area contributed by atoms with Crippen molar-refractivity contribution >= 4 is 29.3 Å². The fourth-order valence-corrected chi connectivity index (χ4v) is 2.66. The summed E-state index contributed by atoms with van der Waals surface area (Å²) in [6.07, 6.45) is -0.400. The van der Waals surface area contributed by atoms with Crippen LogP contribution in [-0.4, -0.2) is 31.2 Å². The van der Waals surface area contributed by atoms with E-state index in [9.17, 15) is 9.59 Å². The molecule has 3 rings (SSSR count). The number of benzene rings is 2. The number of esters is 1.